The van der Waals surface area contributed by atoms with Gasteiger partial charge in [0.25, 0.3) is 0 Å². The number of furan rings is 1. The summed E-state index contributed by atoms with van der Waals surface area (Å²) < 4.78 is 8.80. The van der Waals surface area contributed by atoms with Crippen LogP contribution in [0, 0.1) is 0 Å². The molecule has 0 saturated heterocycles. The Balaban J connectivity index is 0.925. The van der Waals surface area contributed by atoms with E-state index in [0.29, 0.717) is 0 Å². The molecule has 3 aliphatic rings. The number of benzene rings is 12. The lowest BCUT2D eigenvalue weighted by Gasteiger charge is -2.40. The molecule has 12 aromatic carbocycles. The Bertz CT molecular complexity index is 4710. The van der Waals surface area contributed by atoms with Crippen molar-refractivity contribution in [1.82, 2.24) is 4.57 Å². The second-order valence-electron chi connectivity index (χ2n) is 21.0. The molecule has 17 rings (SSSR count). The summed E-state index contributed by atoms with van der Waals surface area (Å²) in [5.41, 5.74) is 25.2. The van der Waals surface area contributed by atoms with Crippen molar-refractivity contribution < 1.29 is 4.42 Å². The van der Waals surface area contributed by atoms with Crippen LogP contribution in [0.25, 0.3) is 82.8 Å². The normalized spacial score (nSPS) is 15.2. The summed E-state index contributed by atoms with van der Waals surface area (Å²) in [4.78, 5) is 2.50. The Kier molecular flexibility index (Phi) is 8.69. The fraction of sp³-hybridized carbons (Fsp3) is 0.0270. The molecular formula is C74H46N2O. The Morgan fingerprint density at radius 3 is 1.52 bits per heavy atom. The van der Waals surface area contributed by atoms with Crippen molar-refractivity contribution in [2.45, 2.75) is 10.8 Å². The highest BCUT2D eigenvalue weighted by Crippen LogP contribution is 2.63. The lowest BCUT2D eigenvalue weighted by Crippen LogP contribution is -2.33. The summed E-state index contributed by atoms with van der Waals surface area (Å²) in [5.74, 6) is 0. The highest BCUT2D eigenvalue weighted by molar-refractivity contribution is 6.13. The molecule has 2 aliphatic carbocycles. The van der Waals surface area contributed by atoms with Crippen LogP contribution in [0.5, 0.6) is 0 Å². The van der Waals surface area contributed by atoms with Crippen molar-refractivity contribution in [1.29, 1.82) is 0 Å². The highest BCUT2D eigenvalue weighted by atomic mass is 16.3. The molecule has 0 fully saturated rings. The first kappa shape index (κ1) is 42.4. The number of para-hydroxylation sites is 4. The monoisotopic (exact) mass is 978 g/mol. The molecule has 2 aromatic heterocycles. The van der Waals surface area contributed by atoms with Crippen molar-refractivity contribution in [3.63, 3.8) is 0 Å². The van der Waals surface area contributed by atoms with Gasteiger partial charge in [-0.2, -0.15) is 0 Å². The van der Waals surface area contributed by atoms with Gasteiger partial charge in [-0.3, -0.25) is 0 Å². The van der Waals surface area contributed by atoms with Crippen molar-refractivity contribution in [2.75, 3.05) is 4.90 Å². The third-order valence-corrected chi connectivity index (χ3v) is 17.5. The quantitative estimate of drug-likeness (QED) is 0.166. The van der Waals surface area contributed by atoms with E-state index in [2.05, 4.69) is 276 Å². The summed E-state index contributed by atoms with van der Waals surface area (Å²) in [6.45, 7) is 0. The molecular weight excluding hydrogens is 933 g/mol. The largest absolute Gasteiger partial charge is 0.456 e. The summed E-state index contributed by atoms with van der Waals surface area (Å²) in [6, 6.07) is 104. The van der Waals surface area contributed by atoms with Gasteiger partial charge in [-0.15, -0.1) is 0 Å². The van der Waals surface area contributed by atoms with Gasteiger partial charge in [-0.25, -0.2) is 0 Å². The van der Waals surface area contributed by atoms with Crippen LogP contribution >= 0.6 is 0 Å². The Hall–Kier alpha value is -9.96. The lowest BCUT2D eigenvalue weighted by molar-refractivity contribution is 0.669. The third kappa shape index (κ3) is 5.59. The maximum atomic E-state index is 6.27. The van der Waals surface area contributed by atoms with Crippen LogP contribution < -0.4 is 4.90 Å². The van der Waals surface area contributed by atoms with E-state index in [1.807, 2.05) is 12.1 Å². The first-order chi connectivity index (χ1) is 38.2. The molecule has 1 aliphatic heterocycles. The Morgan fingerprint density at radius 2 is 0.805 bits per heavy atom. The van der Waals surface area contributed by atoms with Crippen molar-refractivity contribution in [3.8, 4) is 39.1 Å². The minimum absolute atomic E-state index is 0.567. The highest BCUT2D eigenvalue weighted by Gasteiger charge is 2.51. The van der Waals surface area contributed by atoms with Crippen molar-refractivity contribution in [3.05, 3.63) is 324 Å². The second kappa shape index (κ2) is 15.8. The summed E-state index contributed by atoms with van der Waals surface area (Å²) >= 11 is 0. The van der Waals surface area contributed by atoms with Crippen LogP contribution in [0.2, 0.25) is 0 Å². The van der Waals surface area contributed by atoms with Crippen LogP contribution in [0.3, 0.4) is 0 Å². The predicted octanol–water partition coefficient (Wildman–Crippen LogP) is 18.9. The molecule has 0 bridgehead atoms. The zero-order valence-corrected chi connectivity index (χ0v) is 41.9. The smallest absolute Gasteiger partial charge is 0.135 e. The average Bonchev–Trinajstić information content (AvgIpc) is 3.59. The first-order valence-electron chi connectivity index (χ1n) is 26.7. The number of aromatic nitrogens is 1. The predicted molar refractivity (Wildman–Crippen MR) is 316 cm³/mol. The van der Waals surface area contributed by atoms with E-state index in [1.54, 1.807) is 0 Å². The molecule has 77 heavy (non-hydrogen) atoms. The van der Waals surface area contributed by atoms with Gasteiger partial charge in [0, 0.05) is 38.6 Å². The van der Waals surface area contributed by atoms with Crippen LogP contribution in [-0.2, 0) is 10.8 Å². The summed E-state index contributed by atoms with van der Waals surface area (Å²) in [7, 11) is 0. The molecule has 0 N–H and O–H groups in total. The first-order valence-corrected chi connectivity index (χ1v) is 26.7. The fourth-order valence-corrected chi connectivity index (χ4v) is 14.4. The molecule has 3 nitrogen and oxygen atoms in total. The molecule has 358 valence electrons. The van der Waals surface area contributed by atoms with E-state index in [1.165, 1.54) is 94.3 Å². The third-order valence-electron chi connectivity index (χ3n) is 17.5. The average molecular weight is 979 g/mol. The van der Waals surface area contributed by atoms with Crippen LogP contribution in [-0.4, -0.2) is 4.57 Å². The van der Waals surface area contributed by atoms with Gasteiger partial charge in [0.1, 0.15) is 11.2 Å². The molecule has 1 unspecified atom stereocenters. The minimum Gasteiger partial charge on any atom is -0.456 e. The van der Waals surface area contributed by atoms with Gasteiger partial charge < -0.3 is 13.9 Å². The number of nitrogens with zero attached hydrogens (tertiary/aromatic N) is 2. The molecule has 1 spiro atoms. The van der Waals surface area contributed by atoms with E-state index in [4.69, 9.17) is 4.42 Å². The van der Waals surface area contributed by atoms with Crippen LogP contribution in [0.15, 0.2) is 283 Å². The van der Waals surface area contributed by atoms with Crippen molar-refractivity contribution in [2.24, 2.45) is 0 Å². The Labute approximate surface area is 445 Å². The van der Waals surface area contributed by atoms with E-state index in [9.17, 15) is 0 Å². The number of fused-ring (bicyclic) bond motifs is 18. The van der Waals surface area contributed by atoms with Crippen LogP contribution in [0.1, 0.15) is 44.5 Å². The van der Waals surface area contributed by atoms with Gasteiger partial charge in [0.15, 0.2) is 0 Å². The molecule has 0 radical (unpaired) electrons. The second-order valence-corrected chi connectivity index (χ2v) is 21.0. The number of rotatable bonds is 6. The number of hydrogen-bond donors (Lipinski definition) is 0. The van der Waals surface area contributed by atoms with Crippen molar-refractivity contribution >= 4 is 60.8 Å². The fourth-order valence-electron chi connectivity index (χ4n) is 14.4. The Morgan fingerprint density at radius 1 is 0.299 bits per heavy atom. The molecule has 3 heteroatoms. The maximum absolute atomic E-state index is 6.27. The SMILES string of the molecule is c1ccc(C2(c3ccccc3)c3ccccc3-c3ccc(N(c4ccc(-c5ccc6oc7ccccc7c6c5)cc4)c4ccc5c(c4)C4(c6ccccc6-5)c5ccccc5-n5c6ccccc6c6cccc4c65)cc32)cc1. The topological polar surface area (TPSA) is 21.3 Å². The van der Waals surface area contributed by atoms with E-state index < -0.39 is 10.8 Å². The van der Waals surface area contributed by atoms with Gasteiger partial charge in [0.2, 0.25) is 0 Å². The van der Waals surface area contributed by atoms with Gasteiger partial charge >= 0.3 is 0 Å². The minimum atomic E-state index is -0.608. The lowest BCUT2D eigenvalue weighted by atomic mass is 9.65. The molecule has 3 heterocycles. The van der Waals surface area contributed by atoms with Gasteiger partial charge in [-0.05, 0) is 145 Å². The molecule has 0 saturated carbocycles. The van der Waals surface area contributed by atoms with E-state index >= 15 is 0 Å². The zero-order chi connectivity index (χ0) is 50.4. The van der Waals surface area contributed by atoms with Gasteiger partial charge in [0.05, 0.1) is 27.6 Å². The molecule has 0 amide bonds. The van der Waals surface area contributed by atoms with E-state index in [-0.39, 0.29) is 0 Å². The molecule has 1 atom stereocenters. The molecule has 14 aromatic rings. The summed E-state index contributed by atoms with van der Waals surface area (Å²) in [5, 5.41) is 4.79. The zero-order valence-electron chi connectivity index (χ0n) is 41.9. The maximum Gasteiger partial charge on any atom is 0.135 e. The standard InChI is InChI=1S/C74H46N2O/c1-3-18-49(19-4-1)73(50-20-5-2-6-21-50)62-27-11-7-22-54(62)56-41-39-52(45-66(56)73)75(51-37-34-47(35-38-51)48-36-43-71-61(44-48)59-25-10-16-33-70(59)77-71)53-40-42-57-55-23-8-12-28-63(55)74(67(57)46-53)64-29-13-15-32-69(64)76-68-31-14-9-24-58(68)60-26-17-30-65(74)72(60)76/h1-46H. The summed E-state index contributed by atoms with van der Waals surface area (Å²) in [6.07, 6.45) is 0. The van der Waals surface area contributed by atoms with Gasteiger partial charge in [-0.1, -0.05) is 212 Å². The van der Waals surface area contributed by atoms with E-state index in [0.717, 1.165) is 50.1 Å². The number of hydrogen-bond acceptors (Lipinski definition) is 2. The number of anilines is 3. The van der Waals surface area contributed by atoms with Crippen LogP contribution in [0.4, 0.5) is 17.1 Å².